The first-order valence-corrected chi connectivity index (χ1v) is 9.79. The molecule has 4 heteroatoms. The number of benzene rings is 1. The largest absolute Gasteiger partial charge is 0.302 e. The highest BCUT2D eigenvalue weighted by Gasteiger charge is 2.41. The number of Topliss-reactive ketones (excluding diaryl/α,β-unsaturated/α-hetero) is 1. The number of thioether (sulfide) groups is 1. The van der Waals surface area contributed by atoms with Gasteiger partial charge >= 0.3 is 0 Å². The molecule has 0 aromatic heterocycles. The van der Waals surface area contributed by atoms with Crippen LogP contribution in [0, 0.1) is 11.3 Å². The van der Waals surface area contributed by atoms with E-state index in [-0.39, 0.29) is 16.4 Å². The van der Waals surface area contributed by atoms with Gasteiger partial charge in [0.2, 0.25) is 0 Å². The molecule has 2 atom stereocenters. The Balaban J connectivity index is 1.98. The molecule has 3 rings (SSSR count). The SMILES string of the molecule is CC1=C(C2CC(=O)C(C=O)C(=Nc3ccccc3)S2)C(C)(C)CCC1. The number of aliphatic imine (C=N–C) groups is 1. The van der Waals surface area contributed by atoms with Crippen LogP contribution in [-0.4, -0.2) is 22.4 Å². The van der Waals surface area contributed by atoms with Gasteiger partial charge in [0.1, 0.15) is 12.2 Å². The molecule has 0 bridgehead atoms. The fourth-order valence-electron chi connectivity index (χ4n) is 4.08. The molecular formula is C21H25NO2S. The fourth-order valence-corrected chi connectivity index (χ4v) is 5.75. The molecule has 0 saturated carbocycles. The molecule has 1 aliphatic carbocycles. The number of hydrogen-bond acceptors (Lipinski definition) is 4. The van der Waals surface area contributed by atoms with Crippen LogP contribution in [0.3, 0.4) is 0 Å². The van der Waals surface area contributed by atoms with Gasteiger partial charge in [-0.05, 0) is 43.7 Å². The zero-order chi connectivity index (χ0) is 18.0. The predicted octanol–water partition coefficient (Wildman–Crippen LogP) is 5.13. The molecule has 2 aliphatic rings. The van der Waals surface area contributed by atoms with Crippen LogP contribution in [-0.2, 0) is 9.59 Å². The lowest BCUT2D eigenvalue weighted by Gasteiger charge is -2.40. The highest BCUT2D eigenvalue weighted by atomic mass is 32.2. The van der Waals surface area contributed by atoms with Crippen molar-refractivity contribution in [1.82, 2.24) is 0 Å². The third kappa shape index (κ3) is 3.79. The van der Waals surface area contributed by atoms with Gasteiger partial charge < -0.3 is 4.79 Å². The summed E-state index contributed by atoms with van der Waals surface area (Å²) in [5, 5.41) is 0.741. The van der Waals surface area contributed by atoms with Gasteiger partial charge in [0.15, 0.2) is 5.78 Å². The Morgan fingerprint density at radius 1 is 1.24 bits per heavy atom. The molecule has 25 heavy (non-hydrogen) atoms. The Bertz CT molecular complexity index is 734. The van der Waals surface area contributed by atoms with E-state index < -0.39 is 5.92 Å². The summed E-state index contributed by atoms with van der Waals surface area (Å²) in [5.41, 5.74) is 3.69. The summed E-state index contributed by atoms with van der Waals surface area (Å²) in [7, 11) is 0. The molecule has 0 radical (unpaired) electrons. The summed E-state index contributed by atoms with van der Waals surface area (Å²) >= 11 is 1.62. The van der Waals surface area contributed by atoms with E-state index in [9.17, 15) is 9.59 Å². The molecule has 1 aliphatic heterocycles. The second-order valence-electron chi connectivity index (χ2n) is 7.61. The number of aldehydes is 1. The highest BCUT2D eigenvalue weighted by Crippen LogP contribution is 2.48. The van der Waals surface area contributed by atoms with Gasteiger partial charge in [0, 0.05) is 11.7 Å². The molecule has 1 heterocycles. The molecule has 0 N–H and O–H groups in total. The van der Waals surface area contributed by atoms with Crippen molar-refractivity contribution in [3.05, 3.63) is 41.5 Å². The number of hydrogen-bond donors (Lipinski definition) is 0. The maximum absolute atomic E-state index is 12.6. The van der Waals surface area contributed by atoms with E-state index in [0.717, 1.165) is 24.8 Å². The maximum Gasteiger partial charge on any atom is 0.151 e. The molecule has 0 spiro atoms. The maximum atomic E-state index is 12.6. The minimum Gasteiger partial charge on any atom is -0.302 e. The van der Waals surface area contributed by atoms with E-state index in [2.05, 4.69) is 25.8 Å². The second kappa shape index (κ2) is 7.28. The van der Waals surface area contributed by atoms with Crippen LogP contribution in [0.2, 0.25) is 0 Å². The molecule has 1 fully saturated rings. The van der Waals surface area contributed by atoms with Crippen LogP contribution in [0.25, 0.3) is 0 Å². The van der Waals surface area contributed by atoms with Gasteiger partial charge in [0.05, 0.1) is 10.7 Å². The molecule has 3 nitrogen and oxygen atoms in total. The van der Waals surface area contributed by atoms with Crippen LogP contribution in [0.5, 0.6) is 0 Å². The summed E-state index contributed by atoms with van der Waals surface area (Å²) in [6.07, 6.45) is 4.63. The molecular weight excluding hydrogens is 330 g/mol. The van der Waals surface area contributed by atoms with Gasteiger partial charge in [0.25, 0.3) is 0 Å². The van der Waals surface area contributed by atoms with Gasteiger partial charge in [-0.15, -0.1) is 11.8 Å². The number of ketones is 1. The van der Waals surface area contributed by atoms with Crippen molar-refractivity contribution in [2.45, 2.75) is 51.7 Å². The van der Waals surface area contributed by atoms with E-state index >= 15 is 0 Å². The summed E-state index contributed by atoms with van der Waals surface area (Å²) in [6, 6.07) is 9.57. The standard InChI is InChI=1S/C21H25NO2S/c1-14-8-7-11-21(2,3)19(14)18-12-17(24)16(13-23)20(25-18)22-15-9-5-4-6-10-15/h4-6,9-10,13,16,18H,7-8,11-12H2,1-3H3. The lowest BCUT2D eigenvalue weighted by molar-refractivity contribution is -0.124. The van der Waals surface area contributed by atoms with Gasteiger partial charge in [-0.2, -0.15) is 0 Å². The lowest BCUT2D eigenvalue weighted by Crippen LogP contribution is -2.38. The normalized spacial score (nSPS) is 28.3. The second-order valence-corrected chi connectivity index (χ2v) is 8.83. The first-order valence-electron chi connectivity index (χ1n) is 8.91. The molecule has 2 unspecified atom stereocenters. The topological polar surface area (TPSA) is 46.5 Å². The smallest absolute Gasteiger partial charge is 0.151 e. The van der Waals surface area contributed by atoms with Crippen LogP contribution in [0.15, 0.2) is 46.5 Å². The van der Waals surface area contributed by atoms with Crippen molar-refractivity contribution in [2.24, 2.45) is 16.3 Å². The summed E-state index contributed by atoms with van der Waals surface area (Å²) < 4.78 is 0. The molecule has 1 aromatic rings. The molecule has 132 valence electrons. The van der Waals surface area contributed by atoms with Crippen LogP contribution in [0.1, 0.15) is 46.5 Å². The van der Waals surface area contributed by atoms with Gasteiger partial charge in [-0.1, -0.05) is 43.2 Å². The Morgan fingerprint density at radius 3 is 2.60 bits per heavy atom. The van der Waals surface area contributed by atoms with Gasteiger partial charge in [-0.25, -0.2) is 4.99 Å². The van der Waals surface area contributed by atoms with Crippen molar-refractivity contribution in [3.63, 3.8) is 0 Å². The van der Waals surface area contributed by atoms with Crippen molar-refractivity contribution < 1.29 is 9.59 Å². The third-order valence-electron chi connectivity index (χ3n) is 5.26. The van der Waals surface area contributed by atoms with Gasteiger partial charge in [-0.3, -0.25) is 4.79 Å². The Kier molecular flexibility index (Phi) is 5.28. The summed E-state index contributed by atoms with van der Waals surface area (Å²) in [5.74, 6) is -0.718. The van der Waals surface area contributed by atoms with E-state index in [0.29, 0.717) is 11.5 Å². The first kappa shape index (κ1) is 18.1. The van der Waals surface area contributed by atoms with Crippen LogP contribution < -0.4 is 0 Å². The molecule has 1 saturated heterocycles. The zero-order valence-corrected chi connectivity index (χ0v) is 15.9. The van der Waals surface area contributed by atoms with Crippen molar-refractivity contribution in [2.75, 3.05) is 0 Å². The lowest BCUT2D eigenvalue weighted by atomic mass is 9.70. The Morgan fingerprint density at radius 2 is 1.96 bits per heavy atom. The minimum atomic E-state index is -0.714. The minimum absolute atomic E-state index is 0.00453. The third-order valence-corrected chi connectivity index (χ3v) is 6.53. The fraction of sp³-hybridized carbons (Fsp3) is 0.476. The van der Waals surface area contributed by atoms with Crippen molar-refractivity contribution in [3.8, 4) is 0 Å². The van der Waals surface area contributed by atoms with Crippen LogP contribution in [0.4, 0.5) is 5.69 Å². The number of rotatable bonds is 3. The van der Waals surface area contributed by atoms with Crippen LogP contribution >= 0.6 is 11.8 Å². The Labute approximate surface area is 154 Å². The molecule has 0 amide bonds. The average Bonchev–Trinajstić information content (AvgIpc) is 2.55. The number of nitrogens with zero attached hydrogens (tertiary/aromatic N) is 1. The average molecular weight is 356 g/mol. The number of para-hydroxylation sites is 1. The van der Waals surface area contributed by atoms with Crippen molar-refractivity contribution in [1.29, 1.82) is 0 Å². The van der Waals surface area contributed by atoms with E-state index in [4.69, 9.17) is 0 Å². The monoisotopic (exact) mass is 355 g/mol. The Hall–Kier alpha value is -1.68. The van der Waals surface area contributed by atoms with Crippen molar-refractivity contribution >= 4 is 34.6 Å². The summed E-state index contributed by atoms with van der Waals surface area (Å²) in [4.78, 5) is 28.8. The first-order chi connectivity index (χ1) is 11.9. The summed E-state index contributed by atoms with van der Waals surface area (Å²) in [6.45, 7) is 6.74. The van der Waals surface area contributed by atoms with E-state index in [1.54, 1.807) is 11.8 Å². The number of carbonyl (C=O) groups excluding carboxylic acids is 2. The van der Waals surface area contributed by atoms with E-state index in [1.807, 2.05) is 30.3 Å². The zero-order valence-electron chi connectivity index (χ0n) is 15.1. The number of allylic oxidation sites excluding steroid dienone is 1. The predicted molar refractivity (Wildman–Crippen MR) is 104 cm³/mol. The quantitative estimate of drug-likeness (QED) is 0.429. The number of carbonyl (C=O) groups is 2. The highest BCUT2D eigenvalue weighted by molar-refractivity contribution is 8.15. The van der Waals surface area contributed by atoms with E-state index in [1.165, 1.54) is 17.6 Å². The molecule has 1 aromatic carbocycles.